The van der Waals surface area contributed by atoms with Gasteiger partial charge in [0.25, 0.3) is 0 Å². The first kappa shape index (κ1) is 16.6. The number of alkyl halides is 3. The Hall–Kier alpha value is -0.720. The Kier molecular flexibility index (Phi) is 5.57. The second-order valence-electron chi connectivity index (χ2n) is 5.59. The fraction of sp³-hybridized carbons (Fsp3) is 0.600. The van der Waals surface area contributed by atoms with Crippen molar-refractivity contribution in [3.63, 3.8) is 0 Å². The summed E-state index contributed by atoms with van der Waals surface area (Å²) in [5, 5.41) is 0. The average Bonchev–Trinajstić information content (AvgIpc) is 2.42. The zero-order valence-corrected chi connectivity index (χ0v) is 12.9. The van der Waals surface area contributed by atoms with E-state index in [-0.39, 0.29) is 22.7 Å². The third kappa shape index (κ3) is 4.90. The number of piperidine rings is 1. The molecule has 1 fully saturated rings. The van der Waals surface area contributed by atoms with Crippen molar-refractivity contribution in [3.05, 3.63) is 29.8 Å². The average molecular weight is 318 g/mol. The summed E-state index contributed by atoms with van der Waals surface area (Å²) < 4.78 is 37.0. The molecule has 0 spiro atoms. The van der Waals surface area contributed by atoms with Crippen LogP contribution in [0.2, 0.25) is 0 Å². The summed E-state index contributed by atoms with van der Waals surface area (Å²) in [6.45, 7) is 4.74. The quantitative estimate of drug-likeness (QED) is 0.850. The molecule has 0 aromatic heterocycles. The van der Waals surface area contributed by atoms with Crippen LogP contribution in [0, 0.1) is 5.92 Å². The summed E-state index contributed by atoms with van der Waals surface area (Å²) in [5.74, 6) is 0.741. The van der Waals surface area contributed by atoms with Gasteiger partial charge in [0.05, 0.1) is 0 Å². The molecule has 0 radical (unpaired) electrons. The zero-order chi connectivity index (χ0) is 15.5. The Labute approximate surface area is 127 Å². The third-order valence-electron chi connectivity index (χ3n) is 3.98. The van der Waals surface area contributed by atoms with Crippen LogP contribution in [0.5, 0.6) is 0 Å². The van der Waals surface area contributed by atoms with Gasteiger partial charge in [0, 0.05) is 17.5 Å². The number of nitrogens with zero attached hydrogens (tertiary/aromatic N) is 1. The van der Waals surface area contributed by atoms with Crippen molar-refractivity contribution in [3.8, 4) is 0 Å². The number of halogens is 3. The predicted octanol–water partition coefficient (Wildman–Crippen LogP) is 4.03. The van der Waals surface area contributed by atoms with Gasteiger partial charge in [-0.3, -0.25) is 4.90 Å². The highest BCUT2D eigenvalue weighted by Gasteiger charge is 2.29. The van der Waals surface area contributed by atoms with Gasteiger partial charge in [-0.25, -0.2) is 0 Å². The van der Waals surface area contributed by atoms with E-state index in [0.717, 1.165) is 37.4 Å². The van der Waals surface area contributed by atoms with E-state index >= 15 is 0 Å². The molecule has 21 heavy (non-hydrogen) atoms. The normalized spacial score (nSPS) is 19.7. The van der Waals surface area contributed by atoms with E-state index < -0.39 is 5.51 Å². The number of hydrogen-bond donors (Lipinski definition) is 1. The lowest BCUT2D eigenvalue weighted by atomic mass is 9.96. The lowest BCUT2D eigenvalue weighted by molar-refractivity contribution is -0.0328. The van der Waals surface area contributed by atoms with Gasteiger partial charge in [-0.05, 0) is 61.3 Å². The maximum absolute atomic E-state index is 12.3. The minimum atomic E-state index is -4.24. The summed E-state index contributed by atoms with van der Waals surface area (Å²) >= 11 is -0.0802. The Morgan fingerprint density at radius 1 is 1.24 bits per heavy atom. The highest BCUT2D eigenvalue weighted by molar-refractivity contribution is 8.00. The molecule has 1 atom stereocenters. The first-order valence-electron chi connectivity index (χ1n) is 7.19. The molecule has 118 valence electrons. The number of benzene rings is 1. The van der Waals surface area contributed by atoms with Crippen LogP contribution in [-0.2, 0) is 0 Å². The van der Waals surface area contributed by atoms with Gasteiger partial charge in [-0.1, -0.05) is 19.1 Å². The van der Waals surface area contributed by atoms with E-state index in [1.54, 1.807) is 12.1 Å². The standard InChI is InChI=1S/C15H21F3N2S/c1-11-6-8-20(9-7-11)14(10-19)12-2-4-13(5-3-12)21-15(16,17)18/h2-5,11,14H,6-10,19H2,1H3. The summed E-state index contributed by atoms with van der Waals surface area (Å²) in [6.07, 6.45) is 2.30. The molecule has 2 nitrogen and oxygen atoms in total. The monoisotopic (exact) mass is 318 g/mol. The SMILES string of the molecule is CC1CCN(C(CN)c2ccc(SC(F)(F)F)cc2)CC1. The van der Waals surface area contributed by atoms with Crippen LogP contribution in [0.4, 0.5) is 13.2 Å². The predicted molar refractivity (Wildman–Crippen MR) is 80.1 cm³/mol. The highest BCUT2D eigenvalue weighted by atomic mass is 32.2. The van der Waals surface area contributed by atoms with Gasteiger partial charge in [-0.2, -0.15) is 13.2 Å². The molecular weight excluding hydrogens is 297 g/mol. The molecule has 1 aromatic rings. The lowest BCUT2D eigenvalue weighted by Gasteiger charge is -2.36. The Bertz CT molecular complexity index is 439. The Balaban J connectivity index is 2.05. The molecule has 1 aliphatic rings. The van der Waals surface area contributed by atoms with Crippen LogP contribution in [0.25, 0.3) is 0 Å². The van der Waals surface area contributed by atoms with Crippen molar-refractivity contribution in [2.75, 3.05) is 19.6 Å². The van der Waals surface area contributed by atoms with Gasteiger partial charge in [-0.15, -0.1) is 0 Å². The number of thioether (sulfide) groups is 1. The van der Waals surface area contributed by atoms with Crippen LogP contribution >= 0.6 is 11.8 Å². The van der Waals surface area contributed by atoms with Gasteiger partial charge in [0.1, 0.15) is 0 Å². The smallest absolute Gasteiger partial charge is 0.329 e. The van der Waals surface area contributed by atoms with Crippen molar-refractivity contribution in [1.82, 2.24) is 4.90 Å². The van der Waals surface area contributed by atoms with E-state index in [1.807, 2.05) is 0 Å². The number of rotatable bonds is 4. The minimum Gasteiger partial charge on any atom is -0.329 e. The van der Waals surface area contributed by atoms with Crippen LogP contribution in [-0.4, -0.2) is 30.0 Å². The summed E-state index contributed by atoms with van der Waals surface area (Å²) in [7, 11) is 0. The van der Waals surface area contributed by atoms with Crippen molar-refractivity contribution in [2.24, 2.45) is 11.7 Å². The van der Waals surface area contributed by atoms with Gasteiger partial charge in [0.2, 0.25) is 0 Å². The maximum atomic E-state index is 12.3. The summed E-state index contributed by atoms with van der Waals surface area (Å²) in [6, 6.07) is 6.70. The van der Waals surface area contributed by atoms with Gasteiger partial charge in [0.15, 0.2) is 0 Å². The second-order valence-corrected chi connectivity index (χ2v) is 6.73. The second kappa shape index (κ2) is 7.03. The van der Waals surface area contributed by atoms with E-state index in [1.165, 1.54) is 12.1 Å². The first-order valence-corrected chi connectivity index (χ1v) is 8.00. The lowest BCUT2D eigenvalue weighted by Crippen LogP contribution is -2.39. The van der Waals surface area contributed by atoms with Crippen LogP contribution in [0.1, 0.15) is 31.4 Å². The van der Waals surface area contributed by atoms with Crippen LogP contribution < -0.4 is 5.73 Å². The summed E-state index contributed by atoms with van der Waals surface area (Å²) in [5.41, 5.74) is 2.64. The summed E-state index contributed by atoms with van der Waals surface area (Å²) in [4.78, 5) is 2.56. The van der Waals surface area contributed by atoms with E-state index in [2.05, 4.69) is 11.8 Å². The Morgan fingerprint density at radius 2 is 1.81 bits per heavy atom. The number of likely N-dealkylation sites (tertiary alicyclic amines) is 1. The van der Waals surface area contributed by atoms with Crippen LogP contribution in [0.15, 0.2) is 29.2 Å². The van der Waals surface area contributed by atoms with E-state index in [4.69, 9.17) is 5.73 Å². The Morgan fingerprint density at radius 3 is 2.29 bits per heavy atom. The maximum Gasteiger partial charge on any atom is 0.446 e. The zero-order valence-electron chi connectivity index (χ0n) is 12.1. The van der Waals surface area contributed by atoms with Gasteiger partial charge >= 0.3 is 5.51 Å². The largest absolute Gasteiger partial charge is 0.446 e. The fourth-order valence-electron chi connectivity index (χ4n) is 2.73. The molecule has 0 bridgehead atoms. The fourth-order valence-corrected chi connectivity index (χ4v) is 3.27. The highest BCUT2D eigenvalue weighted by Crippen LogP contribution is 2.37. The molecular formula is C15H21F3N2S. The van der Waals surface area contributed by atoms with Crippen molar-refractivity contribution in [2.45, 2.75) is 36.2 Å². The molecule has 2 rings (SSSR count). The molecule has 1 unspecified atom stereocenters. The van der Waals surface area contributed by atoms with Gasteiger partial charge < -0.3 is 5.73 Å². The van der Waals surface area contributed by atoms with Crippen molar-refractivity contribution in [1.29, 1.82) is 0 Å². The van der Waals surface area contributed by atoms with Crippen molar-refractivity contribution >= 4 is 11.8 Å². The topological polar surface area (TPSA) is 29.3 Å². The van der Waals surface area contributed by atoms with E-state index in [9.17, 15) is 13.2 Å². The molecule has 0 aliphatic carbocycles. The van der Waals surface area contributed by atoms with Crippen LogP contribution in [0.3, 0.4) is 0 Å². The van der Waals surface area contributed by atoms with E-state index in [0.29, 0.717) is 6.54 Å². The molecule has 2 N–H and O–H groups in total. The number of nitrogens with two attached hydrogens (primary N) is 1. The number of hydrogen-bond acceptors (Lipinski definition) is 3. The molecule has 0 amide bonds. The molecule has 1 heterocycles. The first-order chi connectivity index (χ1) is 9.89. The molecule has 6 heteroatoms. The third-order valence-corrected chi connectivity index (χ3v) is 4.72. The molecule has 1 aliphatic heterocycles. The molecule has 1 saturated heterocycles. The van der Waals surface area contributed by atoms with Crippen molar-refractivity contribution < 1.29 is 13.2 Å². The molecule has 1 aromatic carbocycles. The molecule has 0 saturated carbocycles. The minimum absolute atomic E-state index is 0.0802.